The number of thioether (sulfide) groups is 1. The van der Waals surface area contributed by atoms with Crippen molar-refractivity contribution in [3.05, 3.63) is 48.5 Å². The van der Waals surface area contributed by atoms with Crippen LogP contribution >= 0.6 is 11.8 Å². The zero-order chi connectivity index (χ0) is 21.3. The Morgan fingerprint density at radius 1 is 1.13 bits per heavy atom. The summed E-state index contributed by atoms with van der Waals surface area (Å²) in [5, 5.41) is 12.2. The molecule has 0 spiro atoms. The summed E-state index contributed by atoms with van der Waals surface area (Å²) in [7, 11) is 1.88. The molecule has 4 aromatic rings. The number of hydrogen-bond acceptors (Lipinski definition) is 6. The molecule has 1 amide bonds. The summed E-state index contributed by atoms with van der Waals surface area (Å²) in [5.41, 5.74) is 2.67. The third-order valence-corrected chi connectivity index (χ3v) is 5.03. The van der Waals surface area contributed by atoms with Crippen LogP contribution in [0.15, 0.2) is 53.7 Å². The van der Waals surface area contributed by atoms with Crippen molar-refractivity contribution < 1.29 is 22.7 Å². The van der Waals surface area contributed by atoms with Gasteiger partial charge in [-0.25, -0.2) is 4.98 Å². The second-order valence-electron chi connectivity index (χ2n) is 6.25. The highest BCUT2D eigenvalue weighted by atomic mass is 32.2. The van der Waals surface area contributed by atoms with Crippen LogP contribution in [0.4, 0.5) is 18.9 Å². The minimum absolute atomic E-state index is 0.0118. The van der Waals surface area contributed by atoms with Gasteiger partial charge in [-0.15, -0.1) is 23.4 Å². The highest BCUT2D eigenvalue weighted by Crippen LogP contribution is 2.26. The number of nitrogens with zero attached hydrogens (tertiary/aromatic N) is 4. The zero-order valence-corrected chi connectivity index (χ0v) is 16.3. The number of amides is 1. The molecule has 4 rings (SSSR count). The van der Waals surface area contributed by atoms with Gasteiger partial charge in [0.05, 0.1) is 11.3 Å². The van der Waals surface area contributed by atoms with Crippen LogP contribution in [0.3, 0.4) is 0 Å². The van der Waals surface area contributed by atoms with Gasteiger partial charge in [0, 0.05) is 18.1 Å². The lowest BCUT2D eigenvalue weighted by molar-refractivity contribution is -0.274. The first kappa shape index (κ1) is 20.0. The molecule has 0 saturated carbocycles. The number of aromatic nitrogens is 4. The maximum Gasteiger partial charge on any atom is 0.573 e. The van der Waals surface area contributed by atoms with Crippen molar-refractivity contribution in [2.45, 2.75) is 11.5 Å². The molecule has 11 heteroatoms. The Hall–Kier alpha value is -3.34. The first-order valence-corrected chi connectivity index (χ1v) is 9.65. The fourth-order valence-electron chi connectivity index (χ4n) is 2.92. The number of nitrogens with one attached hydrogen (secondary N) is 1. The molecule has 2 aromatic heterocycles. The molecule has 0 fully saturated rings. The smallest absolute Gasteiger partial charge is 0.406 e. The number of fused-ring (bicyclic) bond motifs is 3. The summed E-state index contributed by atoms with van der Waals surface area (Å²) in [6.45, 7) is 0. The number of aryl methyl sites for hydroxylation is 1. The van der Waals surface area contributed by atoms with E-state index in [9.17, 15) is 18.0 Å². The average molecular weight is 433 g/mol. The molecule has 154 valence electrons. The first-order chi connectivity index (χ1) is 14.3. The van der Waals surface area contributed by atoms with Crippen molar-refractivity contribution in [3.8, 4) is 5.75 Å². The van der Waals surface area contributed by atoms with Gasteiger partial charge in [-0.2, -0.15) is 0 Å². The zero-order valence-electron chi connectivity index (χ0n) is 15.5. The predicted molar refractivity (Wildman–Crippen MR) is 106 cm³/mol. The first-order valence-electron chi connectivity index (χ1n) is 8.66. The molecule has 2 aromatic carbocycles. The lowest BCUT2D eigenvalue weighted by Crippen LogP contribution is -2.17. The number of carbonyl (C=O) groups is 1. The van der Waals surface area contributed by atoms with E-state index >= 15 is 0 Å². The largest absolute Gasteiger partial charge is 0.573 e. The number of hydrogen-bond donors (Lipinski definition) is 1. The maximum atomic E-state index is 12.2. The summed E-state index contributed by atoms with van der Waals surface area (Å²) in [6, 6.07) is 12.6. The standard InChI is InChI=1S/C19H14F3N5O2S/c1-27-14-5-3-2-4-13(14)16-17(27)24-18(26-25-16)30-10-15(28)23-11-6-8-12(9-7-11)29-19(20,21)22/h2-9H,10H2,1H3,(H,23,28). The minimum Gasteiger partial charge on any atom is -0.406 e. The number of carbonyl (C=O) groups excluding carboxylic acids is 1. The molecule has 30 heavy (non-hydrogen) atoms. The number of rotatable bonds is 5. The van der Waals surface area contributed by atoms with Crippen molar-refractivity contribution >= 4 is 45.4 Å². The molecule has 0 bridgehead atoms. The Morgan fingerprint density at radius 2 is 1.87 bits per heavy atom. The molecule has 1 N–H and O–H groups in total. The van der Waals surface area contributed by atoms with Crippen molar-refractivity contribution in [3.63, 3.8) is 0 Å². The summed E-state index contributed by atoms with van der Waals surface area (Å²) < 4.78 is 42.3. The number of halogens is 3. The monoisotopic (exact) mass is 433 g/mol. The lowest BCUT2D eigenvalue weighted by atomic mass is 10.2. The maximum absolute atomic E-state index is 12.2. The van der Waals surface area contributed by atoms with E-state index < -0.39 is 6.36 Å². The molecule has 7 nitrogen and oxygen atoms in total. The number of anilines is 1. The van der Waals surface area contributed by atoms with Gasteiger partial charge in [0.1, 0.15) is 11.3 Å². The minimum atomic E-state index is -4.76. The third-order valence-electron chi connectivity index (χ3n) is 4.19. The number of ether oxygens (including phenoxy) is 1. The van der Waals surface area contributed by atoms with Gasteiger partial charge in [0.25, 0.3) is 0 Å². The van der Waals surface area contributed by atoms with Gasteiger partial charge in [-0.05, 0) is 30.3 Å². The fraction of sp³-hybridized carbons (Fsp3) is 0.158. The Kier molecular flexibility index (Phi) is 5.20. The van der Waals surface area contributed by atoms with Gasteiger partial charge in [-0.1, -0.05) is 30.0 Å². The Labute approximate surface area is 172 Å². The number of alkyl halides is 3. The van der Waals surface area contributed by atoms with Crippen LogP contribution in [0.2, 0.25) is 0 Å². The van der Waals surface area contributed by atoms with E-state index in [1.807, 2.05) is 35.9 Å². The summed E-state index contributed by atoms with van der Waals surface area (Å²) in [5.74, 6) is -0.708. The number of para-hydroxylation sites is 1. The van der Waals surface area contributed by atoms with E-state index in [1.165, 1.54) is 12.1 Å². The molecule has 0 unspecified atom stereocenters. The highest BCUT2D eigenvalue weighted by Gasteiger charge is 2.30. The fourth-order valence-corrected chi connectivity index (χ4v) is 3.50. The van der Waals surface area contributed by atoms with Gasteiger partial charge in [0.15, 0.2) is 5.65 Å². The van der Waals surface area contributed by atoms with Crippen LogP contribution in [0.1, 0.15) is 0 Å². The SMILES string of the molecule is Cn1c2ccccc2c2nnc(SCC(=O)Nc3ccc(OC(F)(F)F)cc3)nc21. The molecule has 0 aliphatic rings. The Morgan fingerprint density at radius 3 is 2.60 bits per heavy atom. The van der Waals surface area contributed by atoms with Gasteiger partial charge < -0.3 is 14.6 Å². The van der Waals surface area contributed by atoms with Crippen LogP contribution < -0.4 is 10.1 Å². The van der Waals surface area contributed by atoms with E-state index in [0.717, 1.165) is 34.8 Å². The van der Waals surface area contributed by atoms with E-state index in [1.54, 1.807) is 0 Å². The molecule has 0 radical (unpaired) electrons. The highest BCUT2D eigenvalue weighted by molar-refractivity contribution is 7.99. The van der Waals surface area contributed by atoms with Crippen LogP contribution in [0.5, 0.6) is 5.75 Å². The molecule has 0 saturated heterocycles. The molecule has 2 heterocycles. The lowest BCUT2D eigenvalue weighted by Gasteiger charge is -2.09. The molecule has 0 aliphatic carbocycles. The predicted octanol–water partition coefficient (Wildman–Crippen LogP) is 4.15. The van der Waals surface area contributed by atoms with Crippen molar-refractivity contribution in [2.24, 2.45) is 7.05 Å². The topological polar surface area (TPSA) is 81.9 Å². The second kappa shape index (κ2) is 7.82. The van der Waals surface area contributed by atoms with Gasteiger partial charge in [0.2, 0.25) is 11.1 Å². The van der Waals surface area contributed by atoms with Gasteiger partial charge in [-0.3, -0.25) is 4.79 Å². The van der Waals surface area contributed by atoms with Gasteiger partial charge >= 0.3 is 6.36 Å². The van der Waals surface area contributed by atoms with Crippen LogP contribution in [-0.2, 0) is 11.8 Å². The van der Waals surface area contributed by atoms with Crippen LogP contribution in [0, 0.1) is 0 Å². The van der Waals surface area contributed by atoms with Crippen LogP contribution in [-0.4, -0.2) is 37.8 Å². The number of benzene rings is 2. The van der Waals surface area contributed by atoms with E-state index in [4.69, 9.17) is 0 Å². The normalized spacial score (nSPS) is 11.7. The summed E-state index contributed by atoms with van der Waals surface area (Å²) >= 11 is 1.11. The van der Waals surface area contributed by atoms with Crippen molar-refractivity contribution in [1.29, 1.82) is 0 Å². The van der Waals surface area contributed by atoms with Crippen molar-refractivity contribution in [1.82, 2.24) is 19.7 Å². The molecular formula is C19H14F3N5O2S. The molecule has 0 atom stereocenters. The summed E-state index contributed by atoms with van der Waals surface area (Å²) in [4.78, 5) is 16.6. The molecule has 0 aliphatic heterocycles. The third kappa shape index (κ3) is 4.30. The Bertz CT molecular complexity index is 1220. The Balaban J connectivity index is 1.41. The second-order valence-corrected chi connectivity index (χ2v) is 7.19. The van der Waals surface area contributed by atoms with Crippen molar-refractivity contribution in [2.75, 3.05) is 11.1 Å². The molecular weight excluding hydrogens is 419 g/mol. The van der Waals surface area contributed by atoms with E-state index in [0.29, 0.717) is 22.0 Å². The quantitative estimate of drug-likeness (QED) is 0.477. The van der Waals surface area contributed by atoms with Crippen LogP contribution in [0.25, 0.3) is 22.1 Å². The van der Waals surface area contributed by atoms with E-state index in [-0.39, 0.29) is 17.4 Å². The van der Waals surface area contributed by atoms with E-state index in [2.05, 4.69) is 25.2 Å². The average Bonchev–Trinajstić information content (AvgIpc) is 2.99. The summed E-state index contributed by atoms with van der Waals surface area (Å²) in [6.07, 6.45) is -4.76.